The fourth-order valence-electron chi connectivity index (χ4n) is 2.87. The summed E-state index contributed by atoms with van der Waals surface area (Å²) >= 11 is 0. The lowest BCUT2D eigenvalue weighted by Crippen LogP contribution is -2.18. The molecule has 3 aromatic rings. The quantitative estimate of drug-likeness (QED) is 0.489. The van der Waals surface area contributed by atoms with Gasteiger partial charge in [0.2, 0.25) is 0 Å². The molecule has 0 atom stereocenters. The van der Waals surface area contributed by atoms with Crippen LogP contribution in [0.15, 0.2) is 59.6 Å². The summed E-state index contributed by atoms with van der Waals surface area (Å²) < 4.78 is 35.4. The average molecular weight is 400 g/mol. The zero-order valence-corrected chi connectivity index (χ0v) is 15.8. The highest BCUT2D eigenvalue weighted by Gasteiger charge is 2.17. The molecule has 144 valence electrons. The first-order chi connectivity index (χ1) is 13.4. The lowest BCUT2D eigenvalue weighted by molar-refractivity contribution is 0.112. The normalized spacial score (nSPS) is 10.8. The van der Waals surface area contributed by atoms with E-state index in [-0.39, 0.29) is 23.0 Å². The fraction of sp³-hybridized carbons (Fsp3) is 0.100. The predicted molar refractivity (Wildman–Crippen MR) is 104 cm³/mol. The van der Waals surface area contributed by atoms with E-state index < -0.39 is 10.7 Å². The molecule has 0 radical (unpaired) electrons. The van der Waals surface area contributed by atoms with Crippen LogP contribution in [0.2, 0.25) is 0 Å². The monoisotopic (exact) mass is 400 g/mol. The van der Waals surface area contributed by atoms with Gasteiger partial charge >= 0.3 is 0 Å². The van der Waals surface area contributed by atoms with Gasteiger partial charge in [-0.25, -0.2) is 12.8 Å². The van der Waals surface area contributed by atoms with Gasteiger partial charge in [-0.3, -0.25) is 9.78 Å². The van der Waals surface area contributed by atoms with Crippen LogP contribution in [0.5, 0.6) is 5.75 Å². The SMILES string of the molecule is CN(Cc1c(C=O)ccnc1-c1ccc([SH](=O)=O)cc1O)c1ccc(F)cc1. The van der Waals surface area contributed by atoms with Crippen LogP contribution in [-0.2, 0) is 17.2 Å². The number of halogens is 1. The van der Waals surface area contributed by atoms with Crippen molar-refractivity contribution in [1.29, 1.82) is 0 Å². The third kappa shape index (κ3) is 4.01. The third-order valence-corrected chi connectivity index (χ3v) is 5.03. The highest BCUT2D eigenvalue weighted by Crippen LogP contribution is 2.33. The predicted octanol–water partition coefficient (Wildman–Crippen LogP) is 3.01. The van der Waals surface area contributed by atoms with Gasteiger partial charge in [0, 0.05) is 42.2 Å². The number of hydrogen-bond donors (Lipinski definition) is 2. The summed E-state index contributed by atoms with van der Waals surface area (Å²) in [5.41, 5.74) is 2.35. The van der Waals surface area contributed by atoms with E-state index in [1.807, 2.05) is 4.90 Å². The highest BCUT2D eigenvalue weighted by molar-refractivity contribution is 7.72. The number of aromatic hydroxyl groups is 1. The summed E-state index contributed by atoms with van der Waals surface area (Å²) in [7, 11) is -1.05. The Kier molecular flexibility index (Phi) is 5.70. The maximum Gasteiger partial charge on any atom is 0.168 e. The number of nitrogens with zero attached hydrogens (tertiary/aromatic N) is 2. The van der Waals surface area contributed by atoms with Crippen molar-refractivity contribution >= 4 is 22.7 Å². The van der Waals surface area contributed by atoms with Crippen molar-refractivity contribution in [2.24, 2.45) is 0 Å². The van der Waals surface area contributed by atoms with Gasteiger partial charge in [-0.2, -0.15) is 0 Å². The van der Waals surface area contributed by atoms with Gasteiger partial charge in [0.1, 0.15) is 11.6 Å². The van der Waals surface area contributed by atoms with Crippen LogP contribution in [0.1, 0.15) is 15.9 Å². The molecule has 1 N–H and O–H groups in total. The molecule has 0 spiro atoms. The Hall–Kier alpha value is -3.26. The van der Waals surface area contributed by atoms with E-state index in [1.54, 1.807) is 25.2 Å². The van der Waals surface area contributed by atoms with Crippen molar-refractivity contribution in [3.8, 4) is 17.0 Å². The number of phenolic OH excluding ortho intramolecular Hbond substituents is 1. The van der Waals surface area contributed by atoms with Crippen molar-refractivity contribution in [3.63, 3.8) is 0 Å². The van der Waals surface area contributed by atoms with Crippen LogP contribution >= 0.6 is 0 Å². The molecular formula is C20H17FN2O4S. The number of rotatable bonds is 6. The largest absolute Gasteiger partial charge is 0.507 e. The molecule has 2 aromatic carbocycles. The summed E-state index contributed by atoms with van der Waals surface area (Å²) in [6, 6.07) is 11.4. The molecule has 0 bridgehead atoms. The molecule has 0 saturated heterocycles. The topological polar surface area (TPSA) is 87.6 Å². The lowest BCUT2D eigenvalue weighted by atomic mass is 10.00. The molecule has 28 heavy (non-hydrogen) atoms. The summed E-state index contributed by atoms with van der Waals surface area (Å²) in [5.74, 6) is -0.604. The van der Waals surface area contributed by atoms with Crippen molar-refractivity contribution < 1.29 is 22.7 Å². The molecule has 0 aliphatic heterocycles. The van der Waals surface area contributed by atoms with Gasteiger partial charge in [-0.15, -0.1) is 0 Å². The van der Waals surface area contributed by atoms with Gasteiger partial charge in [0.05, 0.1) is 10.6 Å². The first kappa shape index (κ1) is 19.5. The van der Waals surface area contributed by atoms with Gasteiger partial charge in [0.15, 0.2) is 17.0 Å². The second-order valence-electron chi connectivity index (χ2n) is 6.14. The Morgan fingerprint density at radius 1 is 1.14 bits per heavy atom. The van der Waals surface area contributed by atoms with Gasteiger partial charge in [-0.05, 0) is 48.5 Å². The van der Waals surface area contributed by atoms with Crippen LogP contribution in [0.25, 0.3) is 11.3 Å². The van der Waals surface area contributed by atoms with Gasteiger partial charge in [0.25, 0.3) is 0 Å². The molecule has 8 heteroatoms. The maximum atomic E-state index is 13.2. The van der Waals surface area contributed by atoms with Crippen molar-refractivity contribution in [2.75, 3.05) is 11.9 Å². The van der Waals surface area contributed by atoms with Crippen LogP contribution in [0.3, 0.4) is 0 Å². The Labute approximate surface area is 162 Å². The fourth-order valence-corrected chi connectivity index (χ4v) is 3.30. The summed E-state index contributed by atoms with van der Waals surface area (Å²) in [4.78, 5) is 17.7. The summed E-state index contributed by atoms with van der Waals surface area (Å²) in [6.07, 6.45) is 2.14. The highest BCUT2D eigenvalue weighted by atomic mass is 32.2. The third-order valence-electron chi connectivity index (χ3n) is 4.33. The Morgan fingerprint density at radius 3 is 2.46 bits per heavy atom. The van der Waals surface area contributed by atoms with Gasteiger partial charge in [-0.1, -0.05) is 0 Å². The number of thiol groups is 1. The zero-order valence-electron chi connectivity index (χ0n) is 14.9. The second-order valence-corrected chi connectivity index (χ2v) is 7.17. The Morgan fingerprint density at radius 2 is 1.86 bits per heavy atom. The minimum absolute atomic E-state index is 0.0206. The number of anilines is 1. The lowest BCUT2D eigenvalue weighted by Gasteiger charge is -2.22. The maximum absolute atomic E-state index is 13.2. The minimum Gasteiger partial charge on any atom is -0.507 e. The number of carbonyl (C=O) groups excluding carboxylic acids is 1. The number of aldehydes is 1. The molecule has 0 unspecified atom stereocenters. The average Bonchev–Trinajstić information content (AvgIpc) is 2.68. The zero-order chi connectivity index (χ0) is 20.3. The molecule has 3 rings (SSSR count). The van der Waals surface area contributed by atoms with Crippen molar-refractivity contribution in [3.05, 3.63) is 71.7 Å². The van der Waals surface area contributed by atoms with E-state index in [2.05, 4.69) is 4.98 Å². The smallest absolute Gasteiger partial charge is 0.168 e. The van der Waals surface area contributed by atoms with E-state index in [9.17, 15) is 22.7 Å². The van der Waals surface area contributed by atoms with E-state index >= 15 is 0 Å². The molecule has 0 aliphatic carbocycles. The van der Waals surface area contributed by atoms with Crippen molar-refractivity contribution in [1.82, 2.24) is 4.98 Å². The number of phenols is 1. The molecular weight excluding hydrogens is 383 g/mol. The van der Waals surface area contributed by atoms with Gasteiger partial charge < -0.3 is 10.0 Å². The minimum atomic E-state index is -2.83. The summed E-state index contributed by atoms with van der Waals surface area (Å²) in [5, 5.41) is 10.3. The second kappa shape index (κ2) is 8.18. The molecule has 0 fully saturated rings. The van der Waals surface area contributed by atoms with Crippen LogP contribution in [-0.4, -0.2) is 31.8 Å². The molecule has 0 aliphatic rings. The van der Waals surface area contributed by atoms with Crippen LogP contribution in [0, 0.1) is 5.82 Å². The van der Waals surface area contributed by atoms with E-state index in [1.165, 1.54) is 30.5 Å². The Bertz CT molecular complexity index is 1090. The molecule has 6 nitrogen and oxygen atoms in total. The van der Waals surface area contributed by atoms with Crippen LogP contribution < -0.4 is 4.90 Å². The number of aromatic nitrogens is 1. The number of benzene rings is 2. The number of pyridine rings is 1. The van der Waals surface area contributed by atoms with E-state index in [0.717, 1.165) is 11.8 Å². The number of carbonyl (C=O) groups is 1. The first-order valence-electron chi connectivity index (χ1n) is 8.28. The van der Waals surface area contributed by atoms with Crippen LogP contribution in [0.4, 0.5) is 10.1 Å². The number of hydrogen-bond acceptors (Lipinski definition) is 6. The van der Waals surface area contributed by atoms with E-state index in [4.69, 9.17) is 0 Å². The molecule has 1 aromatic heterocycles. The Balaban J connectivity index is 2.06. The standard InChI is InChI=1S/C20H17FN2O4S/c1-23(15-4-2-14(21)3-5-15)11-18-13(12-24)8-9-22-20(18)17-7-6-16(28(26)27)10-19(17)25/h2-10,12,25,28H,11H2,1H3. The first-order valence-corrected chi connectivity index (χ1v) is 9.46. The molecule has 0 amide bonds. The summed E-state index contributed by atoms with van der Waals surface area (Å²) in [6.45, 7) is 0.264. The van der Waals surface area contributed by atoms with E-state index in [0.29, 0.717) is 28.7 Å². The molecule has 1 heterocycles. The molecule has 0 saturated carbocycles. The van der Waals surface area contributed by atoms with Crippen molar-refractivity contribution in [2.45, 2.75) is 11.4 Å².